The van der Waals surface area contributed by atoms with Crippen LogP contribution in [0.4, 0.5) is 0 Å². The van der Waals surface area contributed by atoms with Crippen LogP contribution in [0.1, 0.15) is 64.7 Å². The standard InChI is InChI=1S/C25H33N2O7/c1-22-6-3-18-19(25(22,32)9-5-17(22)15-10-20(29)33-13-15)4-8-24(31)11-16(34-21(30)12-27-26)2-7-23(18,24)14-28/h10,12,14,16-19,26,31-32H,2-9,11,13H2,1H3/q+1. The molecule has 9 nitrogen and oxygen atoms in total. The number of carbonyl (C=O) groups excluding carboxylic acids is 3. The summed E-state index contributed by atoms with van der Waals surface area (Å²) in [5.41, 5.74) is 4.03. The second kappa shape index (κ2) is 7.83. The van der Waals surface area contributed by atoms with Gasteiger partial charge in [-0.05, 0) is 74.7 Å². The minimum absolute atomic E-state index is 0.0618. The molecule has 0 aromatic rings. The Kier molecular flexibility index (Phi) is 5.39. The van der Waals surface area contributed by atoms with Crippen molar-refractivity contribution in [3.8, 4) is 0 Å². The molecule has 184 valence electrons. The molecule has 9 heteroatoms. The van der Waals surface area contributed by atoms with E-state index in [1.54, 1.807) is 6.08 Å². The average molecular weight is 474 g/mol. The fourth-order valence-electron chi connectivity index (χ4n) is 8.67. The van der Waals surface area contributed by atoms with E-state index in [1.807, 2.05) is 0 Å². The van der Waals surface area contributed by atoms with E-state index < -0.39 is 34.1 Å². The lowest BCUT2D eigenvalue weighted by Crippen LogP contribution is -2.69. The van der Waals surface area contributed by atoms with Crippen LogP contribution in [0.3, 0.4) is 0 Å². The molecule has 8 unspecified atom stereocenters. The largest absolute Gasteiger partial charge is 0.458 e. The highest BCUT2D eigenvalue weighted by atomic mass is 16.5. The van der Waals surface area contributed by atoms with Crippen LogP contribution in [0.15, 0.2) is 11.6 Å². The van der Waals surface area contributed by atoms with Crippen LogP contribution in [-0.2, 0) is 23.9 Å². The predicted molar refractivity (Wildman–Crippen MR) is 116 cm³/mol. The number of nitrogens with one attached hydrogen (secondary N) is 1. The number of aldehydes is 1. The quantitative estimate of drug-likeness (QED) is 0.185. The zero-order chi connectivity index (χ0) is 24.4. The molecule has 4 fully saturated rings. The fourth-order valence-corrected chi connectivity index (χ4v) is 8.67. The zero-order valence-electron chi connectivity index (χ0n) is 19.5. The lowest BCUT2D eigenvalue weighted by molar-refractivity contribution is -0.249. The Hall–Kier alpha value is -2.35. The molecule has 0 aromatic heterocycles. The predicted octanol–water partition coefficient (Wildman–Crippen LogP) is 1.76. The highest BCUT2D eigenvalue weighted by Crippen LogP contribution is 2.70. The molecule has 4 aliphatic carbocycles. The Morgan fingerprint density at radius 1 is 1.18 bits per heavy atom. The van der Waals surface area contributed by atoms with Gasteiger partial charge in [-0.3, -0.25) is 0 Å². The third-order valence-electron chi connectivity index (χ3n) is 10.3. The van der Waals surface area contributed by atoms with E-state index in [2.05, 4.69) is 11.7 Å². The van der Waals surface area contributed by atoms with Crippen molar-refractivity contribution in [3.63, 3.8) is 0 Å². The number of hydrogen-bond donors (Lipinski definition) is 3. The average Bonchev–Trinajstić information content (AvgIpc) is 3.33. The Labute approximate surface area is 198 Å². The maximum atomic E-state index is 12.7. The van der Waals surface area contributed by atoms with Gasteiger partial charge in [-0.1, -0.05) is 6.92 Å². The van der Waals surface area contributed by atoms with Crippen molar-refractivity contribution < 1.29 is 38.9 Å². The molecule has 5 rings (SSSR count). The molecule has 3 N–H and O–H groups in total. The Bertz CT molecular complexity index is 1010. The number of hydrogen-bond acceptors (Lipinski definition) is 8. The van der Waals surface area contributed by atoms with E-state index in [9.17, 15) is 24.6 Å². The van der Waals surface area contributed by atoms with Crippen LogP contribution in [0.2, 0.25) is 0 Å². The van der Waals surface area contributed by atoms with E-state index in [-0.39, 0.29) is 36.8 Å². The van der Waals surface area contributed by atoms with Crippen molar-refractivity contribution in [2.45, 2.75) is 82.0 Å². The topological polar surface area (TPSA) is 148 Å². The summed E-state index contributed by atoms with van der Waals surface area (Å²) < 4.78 is 10.5. The van der Waals surface area contributed by atoms with Gasteiger partial charge < -0.3 is 24.5 Å². The first-order valence-corrected chi connectivity index (χ1v) is 12.3. The maximum Gasteiger partial charge on any atom is 0.418 e. The van der Waals surface area contributed by atoms with Gasteiger partial charge in [0.2, 0.25) is 0 Å². The number of aliphatic hydroxyl groups is 2. The smallest absolute Gasteiger partial charge is 0.418 e. The van der Waals surface area contributed by atoms with E-state index in [0.29, 0.717) is 44.9 Å². The molecule has 0 amide bonds. The highest BCUT2D eigenvalue weighted by Gasteiger charge is 2.71. The molecular weight excluding hydrogens is 440 g/mol. The maximum absolute atomic E-state index is 12.7. The van der Waals surface area contributed by atoms with Crippen LogP contribution in [0, 0.1) is 34.1 Å². The third-order valence-corrected chi connectivity index (χ3v) is 10.3. The minimum Gasteiger partial charge on any atom is -0.458 e. The Morgan fingerprint density at radius 2 is 1.94 bits per heavy atom. The molecule has 0 saturated heterocycles. The van der Waals surface area contributed by atoms with Crippen molar-refractivity contribution in [3.05, 3.63) is 11.6 Å². The lowest BCUT2D eigenvalue weighted by atomic mass is 9.41. The van der Waals surface area contributed by atoms with E-state index >= 15 is 0 Å². The normalized spacial score (nSPS) is 47.3. The van der Waals surface area contributed by atoms with Crippen LogP contribution in [0.25, 0.3) is 0 Å². The third kappa shape index (κ3) is 3.03. The monoisotopic (exact) mass is 473 g/mol. The summed E-state index contributed by atoms with van der Waals surface area (Å²) >= 11 is 0. The number of ether oxygens (including phenoxy) is 2. The summed E-state index contributed by atoms with van der Waals surface area (Å²) in [4.78, 5) is 39.2. The van der Waals surface area contributed by atoms with Gasteiger partial charge in [0.05, 0.1) is 26.9 Å². The van der Waals surface area contributed by atoms with Crippen molar-refractivity contribution in [1.29, 1.82) is 5.53 Å². The zero-order valence-corrected chi connectivity index (χ0v) is 19.5. The number of carbonyl (C=O) groups is 3. The molecule has 5 aliphatic rings. The second-order valence-electron chi connectivity index (χ2n) is 11.3. The van der Waals surface area contributed by atoms with Gasteiger partial charge in [-0.25, -0.2) is 9.59 Å². The van der Waals surface area contributed by atoms with Gasteiger partial charge in [-0.15, -0.1) is 0 Å². The van der Waals surface area contributed by atoms with Crippen molar-refractivity contribution in [2.75, 3.05) is 6.61 Å². The summed E-state index contributed by atoms with van der Waals surface area (Å²) in [5.74, 6) is -1.28. The molecule has 4 saturated carbocycles. The molecular formula is C25H33N2O7+. The Morgan fingerprint density at radius 3 is 2.62 bits per heavy atom. The molecule has 8 atom stereocenters. The molecule has 0 radical (unpaired) electrons. The Balaban J connectivity index is 1.43. The first kappa shape index (κ1) is 23.4. The highest BCUT2D eigenvalue weighted by molar-refractivity contribution is 6.20. The van der Waals surface area contributed by atoms with Gasteiger partial charge in [0, 0.05) is 17.9 Å². The summed E-state index contributed by atoms with van der Waals surface area (Å²) in [6.07, 6.45) is 7.43. The molecule has 0 spiro atoms. The minimum atomic E-state index is -1.31. The van der Waals surface area contributed by atoms with E-state index in [4.69, 9.17) is 15.0 Å². The molecule has 0 aromatic carbocycles. The fraction of sp³-hybridized carbons (Fsp3) is 0.760. The van der Waals surface area contributed by atoms with Crippen molar-refractivity contribution in [2.24, 2.45) is 28.6 Å². The summed E-state index contributed by atoms with van der Waals surface area (Å²) in [5, 5.41) is 24.0. The van der Waals surface area contributed by atoms with Crippen LogP contribution in [-0.4, -0.2) is 63.4 Å². The number of rotatable bonds is 4. The number of cyclic esters (lactones) is 1. The summed E-state index contributed by atoms with van der Waals surface area (Å²) in [7, 11) is 0. The summed E-state index contributed by atoms with van der Waals surface area (Å²) in [6, 6.07) is 0. The van der Waals surface area contributed by atoms with E-state index in [1.165, 1.54) is 0 Å². The van der Waals surface area contributed by atoms with Crippen molar-refractivity contribution >= 4 is 24.4 Å². The van der Waals surface area contributed by atoms with Crippen LogP contribution < -0.4 is 0 Å². The van der Waals surface area contributed by atoms with Gasteiger partial charge >= 0.3 is 18.2 Å². The second-order valence-corrected chi connectivity index (χ2v) is 11.3. The number of nitrogens with zero attached hydrogens (tertiary/aromatic N) is 1. The van der Waals surface area contributed by atoms with Crippen LogP contribution >= 0.6 is 0 Å². The molecule has 1 heterocycles. The molecule has 0 bridgehead atoms. The number of esters is 2. The SMILES string of the molecule is CC12CCC3C(CCC4(O)CC(OC(=O)C=[N+]=N)CCC34C=O)C1(O)CCC2C1=CC(=O)OC1. The lowest BCUT2D eigenvalue weighted by Gasteiger charge is -2.65. The summed E-state index contributed by atoms with van der Waals surface area (Å²) in [6.45, 7) is 2.40. The van der Waals surface area contributed by atoms with Gasteiger partial charge in [0.15, 0.2) is 0 Å². The van der Waals surface area contributed by atoms with Crippen molar-refractivity contribution in [1.82, 2.24) is 0 Å². The van der Waals surface area contributed by atoms with Crippen LogP contribution in [0.5, 0.6) is 0 Å². The number of fused-ring (bicyclic) bond motifs is 5. The molecule has 1 aliphatic heterocycles. The van der Waals surface area contributed by atoms with E-state index in [0.717, 1.165) is 24.5 Å². The first-order chi connectivity index (χ1) is 16.1. The first-order valence-electron chi connectivity index (χ1n) is 12.3. The van der Waals surface area contributed by atoms with Gasteiger partial charge in [0.25, 0.3) is 0 Å². The van der Waals surface area contributed by atoms with Gasteiger partial charge in [0.1, 0.15) is 19.0 Å². The van der Waals surface area contributed by atoms with Gasteiger partial charge in [-0.2, -0.15) is 0 Å². The molecule has 34 heavy (non-hydrogen) atoms.